The van der Waals surface area contributed by atoms with Gasteiger partial charge in [0, 0.05) is 18.5 Å². The van der Waals surface area contributed by atoms with E-state index in [9.17, 15) is 4.79 Å². The summed E-state index contributed by atoms with van der Waals surface area (Å²) in [5, 5.41) is 3.14. The lowest BCUT2D eigenvalue weighted by molar-refractivity contribution is -0.139. The molecule has 1 saturated heterocycles. The Balaban J connectivity index is 2.51. The first kappa shape index (κ1) is 9.68. The van der Waals surface area contributed by atoms with Gasteiger partial charge in [-0.15, -0.1) is 0 Å². The Morgan fingerprint density at radius 2 is 2.17 bits per heavy atom. The lowest BCUT2D eigenvalue weighted by atomic mass is 9.87. The van der Waals surface area contributed by atoms with Crippen molar-refractivity contribution >= 4 is 5.78 Å². The van der Waals surface area contributed by atoms with Crippen molar-refractivity contribution in [2.24, 2.45) is 5.41 Å². The lowest BCUT2D eigenvalue weighted by Crippen LogP contribution is -2.46. The number of carbonyl (C=O) groups excluding carboxylic acids is 1. The quantitative estimate of drug-likeness (QED) is 0.627. The van der Waals surface area contributed by atoms with Gasteiger partial charge < -0.3 is 10.1 Å². The summed E-state index contributed by atoms with van der Waals surface area (Å²) in [4.78, 5) is 11.7. The molecule has 1 aliphatic heterocycles. The molecule has 1 heterocycles. The van der Waals surface area contributed by atoms with Crippen LogP contribution in [0.25, 0.3) is 0 Å². The number of nitrogens with one attached hydrogen (secondary N) is 1. The minimum absolute atomic E-state index is 0.190. The fourth-order valence-corrected chi connectivity index (χ4v) is 1.22. The molecule has 12 heavy (non-hydrogen) atoms. The van der Waals surface area contributed by atoms with Crippen molar-refractivity contribution in [1.29, 1.82) is 0 Å². The van der Waals surface area contributed by atoms with E-state index in [4.69, 9.17) is 4.74 Å². The van der Waals surface area contributed by atoms with E-state index in [1.807, 2.05) is 20.8 Å². The Hall–Kier alpha value is -0.410. The van der Waals surface area contributed by atoms with Gasteiger partial charge in [0.15, 0.2) is 5.78 Å². The van der Waals surface area contributed by atoms with Crippen LogP contribution >= 0.6 is 0 Å². The fraction of sp³-hybridized carbons (Fsp3) is 0.889. The Morgan fingerprint density at radius 1 is 1.50 bits per heavy atom. The number of ether oxygens (including phenoxy) is 1. The van der Waals surface area contributed by atoms with Gasteiger partial charge in [0.2, 0.25) is 0 Å². The van der Waals surface area contributed by atoms with Crippen molar-refractivity contribution < 1.29 is 9.53 Å². The van der Waals surface area contributed by atoms with E-state index in [-0.39, 0.29) is 17.3 Å². The molecule has 1 atom stereocenters. The first-order valence-electron chi connectivity index (χ1n) is 4.38. The van der Waals surface area contributed by atoms with Crippen LogP contribution in [0.2, 0.25) is 0 Å². The molecule has 3 nitrogen and oxygen atoms in total. The maximum atomic E-state index is 11.7. The number of ketones is 1. The number of carbonyl (C=O) groups is 1. The number of morpholine rings is 1. The first-order chi connectivity index (χ1) is 5.52. The molecule has 1 aliphatic rings. The molecule has 0 unspecified atom stereocenters. The molecule has 1 rings (SSSR count). The van der Waals surface area contributed by atoms with Crippen LogP contribution in [0.3, 0.4) is 0 Å². The average molecular weight is 171 g/mol. The third kappa shape index (κ3) is 2.29. The molecule has 0 bridgehead atoms. The van der Waals surface area contributed by atoms with Crippen molar-refractivity contribution in [3.63, 3.8) is 0 Å². The molecule has 0 aliphatic carbocycles. The summed E-state index contributed by atoms with van der Waals surface area (Å²) in [6.07, 6.45) is -0.237. The zero-order valence-corrected chi connectivity index (χ0v) is 8.02. The largest absolute Gasteiger partial charge is 0.368 e. The van der Waals surface area contributed by atoms with Crippen molar-refractivity contribution in [3.05, 3.63) is 0 Å². The van der Waals surface area contributed by atoms with Gasteiger partial charge in [0.05, 0.1) is 6.61 Å². The van der Waals surface area contributed by atoms with Crippen LogP contribution in [0.5, 0.6) is 0 Å². The number of rotatable bonds is 1. The van der Waals surface area contributed by atoms with Crippen LogP contribution in [-0.4, -0.2) is 31.6 Å². The normalized spacial score (nSPS) is 25.4. The Bertz CT molecular complexity index is 166. The van der Waals surface area contributed by atoms with Crippen molar-refractivity contribution in [3.8, 4) is 0 Å². The standard InChI is InChI=1S/C9H17NO2/c1-9(2,3)8(11)7-6-10-4-5-12-7/h7,10H,4-6H2,1-3H3/t7-/m1/s1. The number of Topliss-reactive ketones (excluding diaryl/α,β-unsaturated/α-hetero) is 1. The van der Waals surface area contributed by atoms with E-state index in [1.54, 1.807) is 0 Å². The second-order valence-electron chi connectivity index (χ2n) is 4.18. The van der Waals surface area contributed by atoms with Gasteiger partial charge in [-0.05, 0) is 0 Å². The molecule has 0 aromatic carbocycles. The van der Waals surface area contributed by atoms with Crippen LogP contribution < -0.4 is 5.32 Å². The van der Waals surface area contributed by atoms with Gasteiger partial charge in [0.25, 0.3) is 0 Å². The van der Waals surface area contributed by atoms with Crippen molar-refractivity contribution in [2.45, 2.75) is 26.9 Å². The second kappa shape index (κ2) is 3.54. The van der Waals surface area contributed by atoms with Gasteiger partial charge in [-0.25, -0.2) is 0 Å². The molecular formula is C9H17NO2. The average Bonchev–Trinajstić information content (AvgIpc) is 2.03. The van der Waals surface area contributed by atoms with Crippen LogP contribution in [0.4, 0.5) is 0 Å². The van der Waals surface area contributed by atoms with E-state index < -0.39 is 0 Å². The summed E-state index contributed by atoms with van der Waals surface area (Å²) < 4.78 is 5.35. The van der Waals surface area contributed by atoms with Gasteiger partial charge >= 0.3 is 0 Å². The first-order valence-corrected chi connectivity index (χ1v) is 4.38. The predicted octanol–water partition coefficient (Wildman–Crippen LogP) is 0.590. The molecule has 1 fully saturated rings. The molecule has 0 saturated carbocycles. The van der Waals surface area contributed by atoms with E-state index in [2.05, 4.69) is 5.32 Å². The highest BCUT2D eigenvalue weighted by Gasteiger charge is 2.31. The summed E-state index contributed by atoms with van der Waals surface area (Å²) in [5.41, 5.74) is -0.288. The maximum Gasteiger partial charge on any atom is 0.168 e. The van der Waals surface area contributed by atoms with E-state index >= 15 is 0 Å². The zero-order valence-electron chi connectivity index (χ0n) is 8.02. The molecule has 1 N–H and O–H groups in total. The van der Waals surface area contributed by atoms with Crippen molar-refractivity contribution in [2.75, 3.05) is 19.7 Å². The van der Waals surface area contributed by atoms with Crippen LogP contribution in [0, 0.1) is 5.41 Å². The fourth-order valence-electron chi connectivity index (χ4n) is 1.22. The Kier molecular flexibility index (Phi) is 2.85. The topological polar surface area (TPSA) is 38.3 Å². The molecule has 0 aromatic heterocycles. The molecule has 0 radical (unpaired) electrons. The highest BCUT2D eigenvalue weighted by Crippen LogP contribution is 2.18. The smallest absolute Gasteiger partial charge is 0.168 e. The van der Waals surface area contributed by atoms with Gasteiger partial charge in [-0.3, -0.25) is 4.79 Å². The molecule has 0 spiro atoms. The summed E-state index contributed by atoms with van der Waals surface area (Å²) in [6, 6.07) is 0. The molecule has 70 valence electrons. The molecular weight excluding hydrogens is 154 g/mol. The maximum absolute atomic E-state index is 11.7. The minimum Gasteiger partial charge on any atom is -0.368 e. The monoisotopic (exact) mass is 171 g/mol. The van der Waals surface area contributed by atoms with Gasteiger partial charge in [0.1, 0.15) is 6.10 Å². The Labute approximate surface area is 73.5 Å². The summed E-state index contributed by atoms with van der Waals surface area (Å²) >= 11 is 0. The molecule has 3 heteroatoms. The highest BCUT2D eigenvalue weighted by atomic mass is 16.5. The third-order valence-corrected chi connectivity index (χ3v) is 1.96. The van der Waals surface area contributed by atoms with Crippen LogP contribution in [0.15, 0.2) is 0 Å². The SMILES string of the molecule is CC(C)(C)C(=O)[C@H]1CNCCO1. The lowest BCUT2D eigenvalue weighted by Gasteiger charge is -2.28. The highest BCUT2D eigenvalue weighted by molar-refractivity contribution is 5.88. The van der Waals surface area contributed by atoms with Crippen LogP contribution in [0.1, 0.15) is 20.8 Å². The van der Waals surface area contributed by atoms with Gasteiger partial charge in [-0.1, -0.05) is 20.8 Å². The van der Waals surface area contributed by atoms with Crippen molar-refractivity contribution in [1.82, 2.24) is 5.32 Å². The second-order valence-corrected chi connectivity index (χ2v) is 4.18. The molecule has 0 amide bonds. The van der Waals surface area contributed by atoms with Crippen LogP contribution in [-0.2, 0) is 9.53 Å². The summed E-state index contributed by atoms with van der Waals surface area (Å²) in [5.74, 6) is 0.190. The summed E-state index contributed by atoms with van der Waals surface area (Å²) in [7, 11) is 0. The van der Waals surface area contributed by atoms with E-state index in [0.717, 1.165) is 6.54 Å². The number of hydrogen-bond acceptors (Lipinski definition) is 3. The summed E-state index contributed by atoms with van der Waals surface area (Å²) in [6.45, 7) is 7.93. The minimum atomic E-state index is -0.288. The third-order valence-electron chi connectivity index (χ3n) is 1.96. The van der Waals surface area contributed by atoms with Gasteiger partial charge in [-0.2, -0.15) is 0 Å². The molecule has 0 aromatic rings. The number of hydrogen-bond donors (Lipinski definition) is 1. The zero-order chi connectivity index (χ0) is 9.19. The van der Waals surface area contributed by atoms with E-state index in [1.165, 1.54) is 0 Å². The Morgan fingerprint density at radius 3 is 2.58 bits per heavy atom. The predicted molar refractivity (Wildman–Crippen MR) is 47.1 cm³/mol. The van der Waals surface area contributed by atoms with E-state index in [0.29, 0.717) is 13.2 Å².